The van der Waals surface area contributed by atoms with Crippen molar-refractivity contribution < 1.29 is 9.59 Å². The summed E-state index contributed by atoms with van der Waals surface area (Å²) in [5.74, 6) is 0.403. The molecule has 1 fully saturated rings. The molecule has 2 amide bonds. The Balaban J connectivity index is 1.94. The Morgan fingerprint density at radius 1 is 1.33 bits per heavy atom. The SMILES string of the molecule is CC(C)C[C@@H](NC(=O)Cc1cccs1)C(=O)N1CCCC1. The summed E-state index contributed by atoms with van der Waals surface area (Å²) in [6.07, 6.45) is 3.21. The number of hydrogen-bond acceptors (Lipinski definition) is 3. The fraction of sp³-hybridized carbons (Fsp3) is 0.625. The largest absolute Gasteiger partial charge is 0.344 e. The lowest BCUT2D eigenvalue weighted by Crippen LogP contribution is -2.48. The zero-order chi connectivity index (χ0) is 15.2. The summed E-state index contributed by atoms with van der Waals surface area (Å²) >= 11 is 1.57. The topological polar surface area (TPSA) is 49.4 Å². The van der Waals surface area contributed by atoms with Crippen molar-refractivity contribution in [1.29, 1.82) is 0 Å². The molecule has 1 N–H and O–H groups in total. The molecule has 0 radical (unpaired) electrons. The molecule has 0 saturated carbocycles. The van der Waals surface area contributed by atoms with E-state index in [1.165, 1.54) is 0 Å². The monoisotopic (exact) mass is 308 g/mol. The van der Waals surface area contributed by atoms with Gasteiger partial charge in [0.25, 0.3) is 0 Å². The Labute approximate surface area is 130 Å². The molecule has 1 aromatic heterocycles. The summed E-state index contributed by atoms with van der Waals surface area (Å²) in [5, 5.41) is 4.90. The molecular formula is C16H24N2O2S. The van der Waals surface area contributed by atoms with Gasteiger partial charge in [0, 0.05) is 18.0 Å². The van der Waals surface area contributed by atoms with E-state index >= 15 is 0 Å². The molecule has 4 nitrogen and oxygen atoms in total. The maximum Gasteiger partial charge on any atom is 0.245 e. The number of likely N-dealkylation sites (tertiary alicyclic amines) is 1. The van der Waals surface area contributed by atoms with E-state index in [-0.39, 0.29) is 17.9 Å². The summed E-state index contributed by atoms with van der Waals surface area (Å²) in [4.78, 5) is 27.6. The number of carbonyl (C=O) groups excluding carboxylic acids is 2. The molecule has 5 heteroatoms. The first-order valence-electron chi connectivity index (χ1n) is 7.67. The highest BCUT2D eigenvalue weighted by Crippen LogP contribution is 2.14. The predicted molar refractivity (Wildman–Crippen MR) is 85.2 cm³/mol. The van der Waals surface area contributed by atoms with Crippen LogP contribution in [0.15, 0.2) is 17.5 Å². The highest BCUT2D eigenvalue weighted by Gasteiger charge is 2.28. The fourth-order valence-corrected chi connectivity index (χ4v) is 3.37. The van der Waals surface area contributed by atoms with Gasteiger partial charge < -0.3 is 10.2 Å². The zero-order valence-electron chi connectivity index (χ0n) is 12.8. The van der Waals surface area contributed by atoms with Crippen LogP contribution in [0.4, 0.5) is 0 Å². The van der Waals surface area contributed by atoms with Crippen molar-refractivity contribution in [3.63, 3.8) is 0 Å². The normalized spacial score (nSPS) is 16.2. The molecule has 1 saturated heterocycles. The van der Waals surface area contributed by atoms with Crippen LogP contribution in [0.3, 0.4) is 0 Å². The molecule has 0 unspecified atom stereocenters. The van der Waals surface area contributed by atoms with Gasteiger partial charge in [-0.25, -0.2) is 0 Å². The standard InChI is InChI=1S/C16H24N2O2S/c1-12(2)10-14(16(20)18-7-3-4-8-18)17-15(19)11-13-6-5-9-21-13/h5-6,9,12,14H,3-4,7-8,10-11H2,1-2H3,(H,17,19)/t14-/m1/s1. The van der Waals surface area contributed by atoms with Gasteiger partial charge in [-0.05, 0) is 36.6 Å². The van der Waals surface area contributed by atoms with E-state index in [2.05, 4.69) is 19.2 Å². The lowest BCUT2D eigenvalue weighted by molar-refractivity contribution is -0.135. The van der Waals surface area contributed by atoms with E-state index < -0.39 is 0 Å². The van der Waals surface area contributed by atoms with Crippen LogP contribution in [0.2, 0.25) is 0 Å². The third-order valence-electron chi connectivity index (χ3n) is 3.67. The number of nitrogens with zero attached hydrogens (tertiary/aromatic N) is 1. The van der Waals surface area contributed by atoms with Gasteiger partial charge in [0.15, 0.2) is 0 Å². The van der Waals surface area contributed by atoms with E-state index in [0.717, 1.165) is 30.8 Å². The van der Waals surface area contributed by atoms with Crippen LogP contribution in [0.25, 0.3) is 0 Å². The molecule has 1 aliphatic heterocycles. The number of nitrogens with one attached hydrogen (secondary N) is 1. The van der Waals surface area contributed by atoms with Gasteiger partial charge in [-0.1, -0.05) is 19.9 Å². The first-order valence-corrected chi connectivity index (χ1v) is 8.54. The quantitative estimate of drug-likeness (QED) is 0.877. The molecule has 0 aliphatic carbocycles. The lowest BCUT2D eigenvalue weighted by Gasteiger charge is -2.25. The third-order valence-corrected chi connectivity index (χ3v) is 4.55. The van der Waals surface area contributed by atoms with Crippen LogP contribution < -0.4 is 5.32 Å². The molecule has 1 aromatic rings. The van der Waals surface area contributed by atoms with Crippen molar-refractivity contribution in [2.75, 3.05) is 13.1 Å². The first-order chi connectivity index (χ1) is 10.1. The molecule has 1 aliphatic rings. The third kappa shape index (κ3) is 4.84. The molecule has 2 heterocycles. The number of rotatable bonds is 6. The van der Waals surface area contributed by atoms with Crippen LogP contribution in [0, 0.1) is 5.92 Å². The van der Waals surface area contributed by atoms with E-state index in [9.17, 15) is 9.59 Å². The maximum absolute atomic E-state index is 12.5. The van der Waals surface area contributed by atoms with Gasteiger partial charge in [0.1, 0.15) is 6.04 Å². The molecule has 21 heavy (non-hydrogen) atoms. The van der Waals surface area contributed by atoms with Crippen molar-refractivity contribution in [2.24, 2.45) is 5.92 Å². The van der Waals surface area contributed by atoms with Crippen LogP contribution in [0.5, 0.6) is 0 Å². The van der Waals surface area contributed by atoms with Gasteiger partial charge in [-0.2, -0.15) is 0 Å². The smallest absolute Gasteiger partial charge is 0.245 e. The average molecular weight is 308 g/mol. The highest BCUT2D eigenvalue weighted by atomic mass is 32.1. The first kappa shape index (κ1) is 16.0. The van der Waals surface area contributed by atoms with Crippen LogP contribution in [0.1, 0.15) is 38.0 Å². The molecule has 0 spiro atoms. The van der Waals surface area contributed by atoms with Gasteiger partial charge >= 0.3 is 0 Å². The predicted octanol–water partition coefficient (Wildman–Crippen LogP) is 2.44. The van der Waals surface area contributed by atoms with E-state index in [4.69, 9.17) is 0 Å². The van der Waals surface area contributed by atoms with E-state index in [1.807, 2.05) is 22.4 Å². The summed E-state index contributed by atoms with van der Waals surface area (Å²) in [7, 11) is 0. The van der Waals surface area contributed by atoms with Crippen LogP contribution in [-0.4, -0.2) is 35.8 Å². The minimum Gasteiger partial charge on any atom is -0.344 e. The van der Waals surface area contributed by atoms with Gasteiger partial charge in [0.05, 0.1) is 6.42 Å². The summed E-state index contributed by atoms with van der Waals surface area (Å²) < 4.78 is 0. The summed E-state index contributed by atoms with van der Waals surface area (Å²) in [5.41, 5.74) is 0. The second-order valence-corrected chi connectivity index (χ2v) is 7.07. The molecular weight excluding hydrogens is 284 g/mol. The van der Waals surface area contributed by atoms with Gasteiger partial charge in [0.2, 0.25) is 11.8 Å². The molecule has 0 bridgehead atoms. The Kier molecular flexibility index (Phi) is 5.79. The molecule has 116 valence electrons. The van der Waals surface area contributed by atoms with Crippen LogP contribution >= 0.6 is 11.3 Å². The van der Waals surface area contributed by atoms with Gasteiger partial charge in [-0.3, -0.25) is 9.59 Å². The summed E-state index contributed by atoms with van der Waals surface area (Å²) in [6.45, 7) is 5.81. The Morgan fingerprint density at radius 2 is 2.05 bits per heavy atom. The van der Waals surface area contributed by atoms with Crippen LogP contribution in [-0.2, 0) is 16.0 Å². The number of carbonyl (C=O) groups is 2. The van der Waals surface area contributed by atoms with Crippen molar-refractivity contribution in [3.05, 3.63) is 22.4 Å². The van der Waals surface area contributed by atoms with E-state index in [0.29, 0.717) is 18.8 Å². The van der Waals surface area contributed by atoms with Crippen molar-refractivity contribution >= 4 is 23.2 Å². The Bertz CT molecular complexity index is 465. The highest BCUT2D eigenvalue weighted by molar-refractivity contribution is 7.10. The zero-order valence-corrected chi connectivity index (χ0v) is 13.6. The number of thiophene rings is 1. The average Bonchev–Trinajstić information content (AvgIpc) is 3.09. The number of hydrogen-bond donors (Lipinski definition) is 1. The van der Waals surface area contributed by atoms with Crippen molar-refractivity contribution in [1.82, 2.24) is 10.2 Å². The second kappa shape index (κ2) is 7.59. The molecule has 2 rings (SSSR count). The van der Waals surface area contributed by atoms with Gasteiger partial charge in [-0.15, -0.1) is 11.3 Å². The molecule has 1 atom stereocenters. The maximum atomic E-state index is 12.5. The van der Waals surface area contributed by atoms with E-state index in [1.54, 1.807) is 11.3 Å². The van der Waals surface area contributed by atoms with Crippen molar-refractivity contribution in [2.45, 2.75) is 45.6 Å². The number of amides is 2. The Morgan fingerprint density at radius 3 is 2.62 bits per heavy atom. The minimum atomic E-state index is -0.379. The second-order valence-electron chi connectivity index (χ2n) is 6.04. The van der Waals surface area contributed by atoms with Crippen molar-refractivity contribution in [3.8, 4) is 0 Å². The fourth-order valence-electron chi connectivity index (χ4n) is 2.67. The lowest BCUT2D eigenvalue weighted by atomic mass is 10.0. The Hall–Kier alpha value is -1.36. The minimum absolute atomic E-state index is 0.0596. The molecule has 0 aromatic carbocycles. The summed E-state index contributed by atoms with van der Waals surface area (Å²) in [6, 6.07) is 3.51.